The maximum atomic E-state index is 12.7. The van der Waals surface area contributed by atoms with Crippen molar-refractivity contribution < 1.29 is 33.8 Å². The second kappa shape index (κ2) is 20.7. The Balaban J connectivity index is 1.50. The topological polar surface area (TPSA) is 162 Å². The number of anilines is 1. The smallest absolute Gasteiger partial charge is 0.254 e. The first-order chi connectivity index (χ1) is 20.7. The highest BCUT2D eigenvalue weighted by Gasteiger charge is 2.31. The van der Waals surface area contributed by atoms with Crippen LogP contribution in [0.3, 0.4) is 0 Å². The molecule has 43 heavy (non-hydrogen) atoms. The number of aliphatic hydroxyl groups is 1. The first-order valence-corrected chi connectivity index (χ1v) is 15.2. The Kier molecular flexibility index (Phi) is 17.4. The third-order valence-corrected chi connectivity index (χ3v) is 6.95. The van der Waals surface area contributed by atoms with Gasteiger partial charge in [0.05, 0.1) is 13.1 Å². The summed E-state index contributed by atoms with van der Waals surface area (Å²) in [5.74, 6) is -0.888. The summed E-state index contributed by atoms with van der Waals surface area (Å²) in [6, 6.07) is 5.08. The number of likely N-dealkylation sites (N-methyl/N-ethyl adjacent to an activating group) is 1. The first kappa shape index (κ1) is 36.1. The Morgan fingerprint density at radius 1 is 1.00 bits per heavy atom. The summed E-state index contributed by atoms with van der Waals surface area (Å²) in [5.41, 5.74) is 1.63. The number of fused-ring (bicyclic) bond motifs is 1. The fourth-order valence-electron chi connectivity index (χ4n) is 4.34. The van der Waals surface area contributed by atoms with Gasteiger partial charge in [0.15, 0.2) is 0 Å². The second-order valence-corrected chi connectivity index (χ2v) is 10.5. The number of rotatable bonds is 23. The van der Waals surface area contributed by atoms with Crippen LogP contribution in [0.1, 0.15) is 61.9 Å². The molecule has 1 aromatic carbocycles. The van der Waals surface area contributed by atoms with Crippen molar-refractivity contribution in [2.75, 3.05) is 78.1 Å². The van der Waals surface area contributed by atoms with Crippen LogP contribution in [-0.2, 0) is 30.4 Å². The van der Waals surface area contributed by atoms with Crippen molar-refractivity contribution in [1.82, 2.24) is 25.8 Å². The molecule has 0 fully saturated rings. The standard InChI is InChI=1S/C30H50N6O7/c1-4-26(37)34-28(39)21-36-20-24-23(30(36)41)11-9-12-25(24)33-29(40)22-43-18-10-17-42-16-8-6-7-13-32-27(38)19-31-14-15-35(3)5-2/h9,11-12,28,31,39H,4-8,10,13-22H2,1-3H3,(H,32,38)(H,33,40)(H,34,37). The highest BCUT2D eigenvalue weighted by Crippen LogP contribution is 2.29. The van der Waals surface area contributed by atoms with Gasteiger partial charge in [0.25, 0.3) is 5.91 Å². The van der Waals surface area contributed by atoms with Gasteiger partial charge in [-0.05, 0) is 51.4 Å². The van der Waals surface area contributed by atoms with E-state index in [4.69, 9.17) is 9.47 Å². The van der Waals surface area contributed by atoms with E-state index in [0.29, 0.717) is 56.1 Å². The molecule has 0 saturated heterocycles. The normalized spacial score (nSPS) is 13.2. The maximum Gasteiger partial charge on any atom is 0.254 e. The van der Waals surface area contributed by atoms with Crippen LogP contribution >= 0.6 is 0 Å². The van der Waals surface area contributed by atoms with Crippen LogP contribution in [0.4, 0.5) is 5.69 Å². The van der Waals surface area contributed by atoms with Gasteiger partial charge in [0.2, 0.25) is 17.7 Å². The van der Waals surface area contributed by atoms with Crippen molar-refractivity contribution in [3.63, 3.8) is 0 Å². The maximum absolute atomic E-state index is 12.7. The van der Waals surface area contributed by atoms with E-state index < -0.39 is 6.23 Å². The highest BCUT2D eigenvalue weighted by molar-refractivity contribution is 6.02. The molecule has 1 unspecified atom stereocenters. The molecular weight excluding hydrogens is 556 g/mol. The minimum absolute atomic E-state index is 0.0184. The molecule has 1 heterocycles. The fraction of sp³-hybridized carbons (Fsp3) is 0.667. The molecule has 1 aromatic rings. The highest BCUT2D eigenvalue weighted by atomic mass is 16.5. The summed E-state index contributed by atoms with van der Waals surface area (Å²) in [6.45, 7) is 9.07. The summed E-state index contributed by atoms with van der Waals surface area (Å²) < 4.78 is 11.1. The van der Waals surface area contributed by atoms with Crippen LogP contribution in [0.25, 0.3) is 0 Å². The van der Waals surface area contributed by atoms with E-state index in [1.807, 2.05) is 7.05 Å². The molecule has 4 amide bonds. The zero-order chi connectivity index (χ0) is 31.5. The molecule has 2 rings (SSSR count). The molecule has 0 radical (unpaired) electrons. The molecule has 13 nitrogen and oxygen atoms in total. The summed E-state index contributed by atoms with van der Waals surface area (Å²) in [4.78, 5) is 52.1. The van der Waals surface area contributed by atoms with Gasteiger partial charge in [-0.1, -0.05) is 19.9 Å². The van der Waals surface area contributed by atoms with Gasteiger partial charge in [0.1, 0.15) is 12.8 Å². The van der Waals surface area contributed by atoms with Crippen molar-refractivity contribution in [1.29, 1.82) is 0 Å². The van der Waals surface area contributed by atoms with Gasteiger partial charge >= 0.3 is 0 Å². The molecule has 13 heteroatoms. The van der Waals surface area contributed by atoms with Crippen molar-refractivity contribution in [3.8, 4) is 0 Å². The Morgan fingerprint density at radius 3 is 2.53 bits per heavy atom. The van der Waals surface area contributed by atoms with Crippen LogP contribution < -0.4 is 21.3 Å². The van der Waals surface area contributed by atoms with Crippen molar-refractivity contribution in [3.05, 3.63) is 29.3 Å². The minimum Gasteiger partial charge on any atom is -0.381 e. The van der Waals surface area contributed by atoms with Crippen molar-refractivity contribution in [2.24, 2.45) is 0 Å². The Labute approximate surface area is 255 Å². The number of amides is 4. The number of carbonyl (C=O) groups is 4. The van der Waals surface area contributed by atoms with Crippen LogP contribution in [-0.4, -0.2) is 118 Å². The van der Waals surface area contributed by atoms with E-state index in [1.165, 1.54) is 4.90 Å². The predicted molar refractivity (Wildman–Crippen MR) is 163 cm³/mol. The monoisotopic (exact) mass is 606 g/mol. The van der Waals surface area contributed by atoms with Gasteiger partial charge in [-0.25, -0.2) is 0 Å². The van der Waals surface area contributed by atoms with Gasteiger partial charge in [-0.3, -0.25) is 19.2 Å². The summed E-state index contributed by atoms with van der Waals surface area (Å²) in [6.07, 6.45) is 2.50. The summed E-state index contributed by atoms with van der Waals surface area (Å²) >= 11 is 0. The number of nitrogens with one attached hydrogen (secondary N) is 4. The van der Waals surface area contributed by atoms with Crippen molar-refractivity contribution in [2.45, 2.75) is 58.7 Å². The number of carbonyl (C=O) groups excluding carboxylic acids is 4. The predicted octanol–water partition coefficient (Wildman–Crippen LogP) is 0.677. The molecule has 0 aliphatic carbocycles. The lowest BCUT2D eigenvalue weighted by Gasteiger charge is -2.20. The number of benzene rings is 1. The Morgan fingerprint density at radius 2 is 1.77 bits per heavy atom. The summed E-state index contributed by atoms with van der Waals surface area (Å²) in [7, 11) is 2.05. The molecule has 0 saturated carbocycles. The number of aliphatic hydroxyl groups excluding tert-OH is 1. The molecule has 0 spiro atoms. The number of nitrogens with zero attached hydrogens (tertiary/aromatic N) is 2. The molecule has 1 aliphatic heterocycles. The third kappa shape index (κ3) is 14.3. The SMILES string of the molecule is CCC(=O)NC(O)CN1Cc2c(NC(=O)COCCCOCCCCCNC(=O)CNCCN(C)CC)cccc2C1=O. The lowest BCUT2D eigenvalue weighted by Crippen LogP contribution is -2.43. The van der Waals surface area contributed by atoms with Crippen LogP contribution in [0.2, 0.25) is 0 Å². The fourth-order valence-corrected chi connectivity index (χ4v) is 4.34. The number of ether oxygens (including phenoxy) is 2. The van der Waals surface area contributed by atoms with E-state index in [-0.39, 0.29) is 49.7 Å². The molecule has 1 aliphatic rings. The Hall–Kier alpha value is -3.10. The van der Waals surface area contributed by atoms with Gasteiger partial charge in [0, 0.05) is 69.2 Å². The Bertz CT molecular complexity index is 1020. The zero-order valence-electron chi connectivity index (χ0n) is 25.9. The van der Waals surface area contributed by atoms with E-state index in [0.717, 1.165) is 38.9 Å². The van der Waals surface area contributed by atoms with Crippen LogP contribution in [0, 0.1) is 0 Å². The van der Waals surface area contributed by atoms with E-state index >= 15 is 0 Å². The van der Waals surface area contributed by atoms with Gasteiger partial charge < -0.3 is 45.6 Å². The zero-order valence-corrected chi connectivity index (χ0v) is 25.9. The van der Waals surface area contributed by atoms with Crippen LogP contribution in [0.5, 0.6) is 0 Å². The van der Waals surface area contributed by atoms with Gasteiger partial charge in [-0.2, -0.15) is 0 Å². The average Bonchev–Trinajstić information content (AvgIpc) is 3.30. The van der Waals surface area contributed by atoms with Gasteiger partial charge in [-0.15, -0.1) is 0 Å². The molecule has 1 atom stereocenters. The third-order valence-electron chi connectivity index (χ3n) is 6.95. The molecule has 5 N–H and O–H groups in total. The quantitative estimate of drug-likeness (QED) is 0.0891. The molecule has 0 bridgehead atoms. The molecular formula is C30H50N6O7. The minimum atomic E-state index is -1.17. The van der Waals surface area contributed by atoms with E-state index in [1.54, 1.807) is 25.1 Å². The largest absolute Gasteiger partial charge is 0.381 e. The first-order valence-electron chi connectivity index (χ1n) is 15.2. The number of unbranched alkanes of at least 4 members (excludes halogenated alkanes) is 2. The summed E-state index contributed by atoms with van der Waals surface area (Å²) in [5, 5.41) is 21.4. The lowest BCUT2D eigenvalue weighted by atomic mass is 10.1. The molecule has 242 valence electrons. The van der Waals surface area contributed by atoms with E-state index in [2.05, 4.69) is 33.1 Å². The van der Waals surface area contributed by atoms with E-state index in [9.17, 15) is 24.3 Å². The number of hydrogen-bond acceptors (Lipinski definition) is 9. The second-order valence-electron chi connectivity index (χ2n) is 10.5. The number of β-amino-alcohol motifs (C(OH)–C–C–N with tert-alkyl or cyclic N) is 1. The van der Waals surface area contributed by atoms with Crippen molar-refractivity contribution >= 4 is 29.3 Å². The molecule has 0 aromatic heterocycles. The van der Waals surface area contributed by atoms with Crippen LogP contribution in [0.15, 0.2) is 18.2 Å². The lowest BCUT2D eigenvalue weighted by molar-refractivity contribution is -0.124. The average molecular weight is 607 g/mol. The number of hydrogen-bond donors (Lipinski definition) is 5.